The first-order valence-corrected chi connectivity index (χ1v) is 9.47. The molecule has 0 aliphatic rings. The third-order valence-corrected chi connectivity index (χ3v) is 5.04. The Morgan fingerprint density at radius 3 is 2.42 bits per heavy atom. The number of furan rings is 1. The first-order chi connectivity index (χ1) is 12.3. The molecule has 0 fully saturated rings. The predicted molar refractivity (Wildman–Crippen MR) is 93.0 cm³/mol. The number of carboxylic acid groups (broad SMARTS) is 1. The molecule has 8 nitrogen and oxygen atoms in total. The molecule has 0 aliphatic carbocycles. The van der Waals surface area contributed by atoms with Gasteiger partial charge in [-0.15, -0.1) is 0 Å². The average Bonchev–Trinajstić information content (AvgIpc) is 3.13. The van der Waals surface area contributed by atoms with Crippen molar-refractivity contribution in [3.05, 3.63) is 54.0 Å². The van der Waals surface area contributed by atoms with E-state index in [1.165, 1.54) is 30.5 Å². The van der Waals surface area contributed by atoms with E-state index in [0.29, 0.717) is 18.6 Å². The van der Waals surface area contributed by atoms with Crippen molar-refractivity contribution < 1.29 is 27.5 Å². The summed E-state index contributed by atoms with van der Waals surface area (Å²) in [6.07, 6.45) is 2.36. The maximum Gasteiger partial charge on any atom is 0.326 e. The third-order valence-electron chi connectivity index (χ3n) is 3.62. The van der Waals surface area contributed by atoms with E-state index in [-0.39, 0.29) is 17.0 Å². The molecular formula is C17H20N2O6S. The Hall–Kier alpha value is -2.65. The number of carbonyl (C=O) groups is 2. The highest BCUT2D eigenvalue weighted by Gasteiger charge is 2.20. The first kappa shape index (κ1) is 19.7. The number of benzene rings is 1. The molecule has 3 N–H and O–H groups in total. The van der Waals surface area contributed by atoms with Crippen molar-refractivity contribution >= 4 is 21.9 Å². The van der Waals surface area contributed by atoms with Gasteiger partial charge in [0.15, 0.2) is 0 Å². The van der Waals surface area contributed by atoms with Gasteiger partial charge in [-0.1, -0.05) is 13.3 Å². The molecular weight excluding hydrogens is 360 g/mol. The van der Waals surface area contributed by atoms with Gasteiger partial charge < -0.3 is 14.8 Å². The largest absolute Gasteiger partial charge is 0.480 e. The quantitative estimate of drug-likeness (QED) is 0.608. The van der Waals surface area contributed by atoms with Crippen molar-refractivity contribution in [3.63, 3.8) is 0 Å². The highest BCUT2D eigenvalue weighted by molar-refractivity contribution is 7.89. The summed E-state index contributed by atoms with van der Waals surface area (Å²) >= 11 is 0. The number of amides is 1. The van der Waals surface area contributed by atoms with Crippen molar-refractivity contribution in [2.45, 2.75) is 37.2 Å². The van der Waals surface area contributed by atoms with Crippen molar-refractivity contribution in [2.24, 2.45) is 0 Å². The summed E-state index contributed by atoms with van der Waals surface area (Å²) in [5, 5.41) is 11.5. The van der Waals surface area contributed by atoms with Gasteiger partial charge in [0, 0.05) is 5.56 Å². The van der Waals surface area contributed by atoms with E-state index < -0.39 is 27.9 Å². The van der Waals surface area contributed by atoms with Crippen LogP contribution in [-0.4, -0.2) is 31.4 Å². The highest BCUT2D eigenvalue weighted by Crippen LogP contribution is 2.12. The summed E-state index contributed by atoms with van der Waals surface area (Å²) in [5.74, 6) is -1.21. The fourth-order valence-electron chi connectivity index (χ4n) is 2.24. The topological polar surface area (TPSA) is 126 Å². The zero-order valence-electron chi connectivity index (χ0n) is 14.1. The van der Waals surface area contributed by atoms with Gasteiger partial charge in [0.05, 0.1) is 17.7 Å². The fraction of sp³-hybridized carbons (Fsp3) is 0.294. The molecule has 26 heavy (non-hydrogen) atoms. The lowest BCUT2D eigenvalue weighted by atomic mass is 10.1. The number of sulfonamides is 1. The second kappa shape index (κ2) is 8.63. The lowest BCUT2D eigenvalue weighted by molar-refractivity contribution is -0.139. The summed E-state index contributed by atoms with van der Waals surface area (Å²) in [4.78, 5) is 23.2. The van der Waals surface area contributed by atoms with Gasteiger partial charge >= 0.3 is 5.97 Å². The Morgan fingerprint density at radius 1 is 1.19 bits per heavy atom. The average molecular weight is 380 g/mol. The third kappa shape index (κ3) is 5.17. The highest BCUT2D eigenvalue weighted by atomic mass is 32.2. The van der Waals surface area contributed by atoms with E-state index in [1.54, 1.807) is 12.1 Å². The molecule has 0 aliphatic heterocycles. The molecule has 1 heterocycles. The van der Waals surface area contributed by atoms with E-state index in [2.05, 4.69) is 10.0 Å². The minimum absolute atomic E-state index is 0.00881. The smallest absolute Gasteiger partial charge is 0.326 e. The van der Waals surface area contributed by atoms with Crippen LogP contribution in [0, 0.1) is 0 Å². The van der Waals surface area contributed by atoms with E-state index >= 15 is 0 Å². The Bertz CT molecular complexity index is 844. The number of aliphatic carboxylic acids is 1. The van der Waals surface area contributed by atoms with Crippen LogP contribution in [0.1, 0.15) is 35.9 Å². The van der Waals surface area contributed by atoms with Crippen LogP contribution in [0.2, 0.25) is 0 Å². The normalized spacial score (nSPS) is 12.5. The van der Waals surface area contributed by atoms with Crippen molar-refractivity contribution in [1.29, 1.82) is 0 Å². The molecule has 2 aromatic rings. The Balaban J connectivity index is 2.04. The van der Waals surface area contributed by atoms with Gasteiger partial charge in [-0.2, -0.15) is 0 Å². The Morgan fingerprint density at radius 2 is 1.88 bits per heavy atom. The maximum absolute atomic E-state index is 12.2. The summed E-state index contributed by atoms with van der Waals surface area (Å²) in [7, 11) is -3.76. The van der Waals surface area contributed by atoms with E-state index in [0.717, 1.165) is 0 Å². The first-order valence-electron chi connectivity index (χ1n) is 7.99. The van der Waals surface area contributed by atoms with E-state index in [4.69, 9.17) is 9.52 Å². The van der Waals surface area contributed by atoms with Gasteiger partial charge in [0.1, 0.15) is 11.8 Å². The number of carboxylic acids is 1. The minimum atomic E-state index is -3.76. The number of nitrogens with one attached hydrogen (secondary N) is 2. The standard InChI is InChI=1S/C17H20N2O6S/c1-2-4-15(17(21)22)19-16(20)12-6-8-14(9-7-12)26(23,24)18-11-13-5-3-10-25-13/h3,5-10,15,18H,2,4,11H2,1H3,(H,19,20)(H,21,22). The molecule has 1 aromatic heterocycles. The Kier molecular flexibility index (Phi) is 6.53. The number of rotatable bonds is 9. The van der Waals surface area contributed by atoms with Gasteiger partial charge in [0.25, 0.3) is 5.91 Å². The van der Waals surface area contributed by atoms with E-state index in [9.17, 15) is 18.0 Å². The summed E-state index contributed by atoms with van der Waals surface area (Å²) in [6, 6.07) is 7.56. The van der Waals surface area contributed by atoms with Crippen molar-refractivity contribution in [3.8, 4) is 0 Å². The molecule has 0 spiro atoms. The molecule has 140 valence electrons. The lowest BCUT2D eigenvalue weighted by Crippen LogP contribution is -2.40. The molecule has 1 atom stereocenters. The van der Waals surface area contributed by atoms with Gasteiger partial charge in [-0.3, -0.25) is 4.79 Å². The van der Waals surface area contributed by atoms with Crippen molar-refractivity contribution in [2.75, 3.05) is 0 Å². The molecule has 0 radical (unpaired) electrons. The lowest BCUT2D eigenvalue weighted by Gasteiger charge is -2.13. The zero-order chi connectivity index (χ0) is 19.2. The molecule has 2 rings (SSSR count). The van der Waals surface area contributed by atoms with Crippen LogP contribution in [0.15, 0.2) is 52.0 Å². The molecule has 1 amide bonds. The Labute approximate surface area is 151 Å². The van der Waals surface area contributed by atoms with Crippen molar-refractivity contribution in [1.82, 2.24) is 10.0 Å². The summed E-state index contributed by atoms with van der Waals surface area (Å²) in [6.45, 7) is 1.83. The zero-order valence-corrected chi connectivity index (χ0v) is 15.0. The number of hydrogen-bond donors (Lipinski definition) is 3. The van der Waals surface area contributed by atoms with Crippen LogP contribution in [-0.2, 0) is 21.4 Å². The predicted octanol–water partition coefficient (Wildman–Crippen LogP) is 1.74. The van der Waals surface area contributed by atoms with E-state index in [1.807, 2.05) is 6.92 Å². The van der Waals surface area contributed by atoms with Crippen LogP contribution in [0.4, 0.5) is 0 Å². The minimum Gasteiger partial charge on any atom is -0.480 e. The molecule has 0 saturated heterocycles. The van der Waals surface area contributed by atoms with Crippen LogP contribution < -0.4 is 10.0 Å². The number of hydrogen-bond acceptors (Lipinski definition) is 5. The molecule has 9 heteroatoms. The SMILES string of the molecule is CCCC(NC(=O)c1ccc(S(=O)(=O)NCc2ccco2)cc1)C(=O)O. The molecule has 0 bridgehead atoms. The monoisotopic (exact) mass is 380 g/mol. The molecule has 1 unspecified atom stereocenters. The van der Waals surface area contributed by atoms with Gasteiger partial charge in [0.2, 0.25) is 10.0 Å². The van der Waals surface area contributed by atoms with Crippen LogP contribution in [0.5, 0.6) is 0 Å². The second-order valence-electron chi connectivity index (χ2n) is 5.58. The van der Waals surface area contributed by atoms with Crippen LogP contribution in [0.25, 0.3) is 0 Å². The second-order valence-corrected chi connectivity index (χ2v) is 7.35. The van der Waals surface area contributed by atoms with Crippen LogP contribution >= 0.6 is 0 Å². The van der Waals surface area contributed by atoms with Gasteiger partial charge in [-0.25, -0.2) is 17.9 Å². The maximum atomic E-state index is 12.2. The summed E-state index contributed by atoms with van der Waals surface area (Å²) in [5.41, 5.74) is 0.178. The number of carbonyl (C=O) groups excluding carboxylic acids is 1. The molecule has 0 saturated carbocycles. The van der Waals surface area contributed by atoms with Gasteiger partial charge in [-0.05, 0) is 42.8 Å². The molecule has 1 aromatic carbocycles. The fourth-order valence-corrected chi connectivity index (χ4v) is 3.23. The van der Waals surface area contributed by atoms with Crippen LogP contribution in [0.3, 0.4) is 0 Å². The summed E-state index contributed by atoms with van der Waals surface area (Å²) < 4.78 is 31.9.